The minimum Gasteiger partial charge on any atom is -0.349 e. The van der Waals surface area contributed by atoms with E-state index in [1.165, 1.54) is 5.56 Å². The molecule has 2 atom stereocenters. The molecule has 0 aromatic heterocycles. The van der Waals surface area contributed by atoms with Crippen molar-refractivity contribution in [1.82, 2.24) is 10.2 Å². The molecule has 0 radical (unpaired) electrons. The second-order valence-electron chi connectivity index (χ2n) is 8.74. The molecule has 1 heterocycles. The minimum absolute atomic E-state index is 0.00845. The average molecular weight is 442 g/mol. The van der Waals surface area contributed by atoms with Crippen LogP contribution in [0.5, 0.6) is 0 Å². The summed E-state index contributed by atoms with van der Waals surface area (Å²) < 4.78 is 0. The number of amides is 2. The van der Waals surface area contributed by atoms with Gasteiger partial charge in [-0.1, -0.05) is 60.7 Å². The molecule has 1 aliphatic heterocycles. The average Bonchev–Trinajstić information content (AvgIpc) is 2.85. The largest absolute Gasteiger partial charge is 0.349 e. The third-order valence-electron chi connectivity index (χ3n) is 6.16. The molecule has 0 bridgehead atoms. The van der Waals surface area contributed by atoms with Gasteiger partial charge < -0.3 is 10.6 Å². The summed E-state index contributed by atoms with van der Waals surface area (Å²) in [5.74, 6) is -0.0602. The van der Waals surface area contributed by atoms with E-state index in [9.17, 15) is 9.59 Å². The first-order valence-corrected chi connectivity index (χ1v) is 11.6. The molecule has 5 nitrogen and oxygen atoms in total. The van der Waals surface area contributed by atoms with Crippen molar-refractivity contribution in [3.05, 3.63) is 102 Å². The molecule has 1 aliphatic rings. The maximum Gasteiger partial charge on any atom is 0.255 e. The van der Waals surface area contributed by atoms with Gasteiger partial charge in [0.25, 0.3) is 5.91 Å². The lowest BCUT2D eigenvalue weighted by Crippen LogP contribution is -2.43. The van der Waals surface area contributed by atoms with E-state index in [0.717, 1.165) is 38.0 Å². The first kappa shape index (κ1) is 22.7. The fourth-order valence-corrected chi connectivity index (χ4v) is 4.35. The SMILES string of the molecule is CC(NC(=O)C1CCCN(Cc2ccccc2)C1)c1cccc(NC(=O)c2ccccc2)c1. The van der Waals surface area contributed by atoms with Crippen LogP contribution in [-0.2, 0) is 11.3 Å². The predicted molar refractivity (Wildman–Crippen MR) is 132 cm³/mol. The van der Waals surface area contributed by atoms with Crippen LogP contribution in [0.25, 0.3) is 0 Å². The third-order valence-corrected chi connectivity index (χ3v) is 6.16. The van der Waals surface area contributed by atoms with Gasteiger partial charge in [-0.3, -0.25) is 14.5 Å². The summed E-state index contributed by atoms with van der Waals surface area (Å²) in [4.78, 5) is 27.8. The molecule has 2 unspecified atom stereocenters. The van der Waals surface area contributed by atoms with E-state index in [1.807, 2.05) is 55.5 Å². The third kappa shape index (κ3) is 6.30. The van der Waals surface area contributed by atoms with Crippen molar-refractivity contribution in [1.29, 1.82) is 0 Å². The number of benzene rings is 3. The van der Waals surface area contributed by atoms with E-state index < -0.39 is 0 Å². The zero-order valence-corrected chi connectivity index (χ0v) is 19.0. The number of likely N-dealkylation sites (tertiary alicyclic amines) is 1. The van der Waals surface area contributed by atoms with Crippen LogP contribution in [0.4, 0.5) is 5.69 Å². The van der Waals surface area contributed by atoms with Gasteiger partial charge in [-0.2, -0.15) is 0 Å². The summed E-state index contributed by atoms with van der Waals surface area (Å²) in [5, 5.41) is 6.13. The van der Waals surface area contributed by atoms with Crippen molar-refractivity contribution in [3.63, 3.8) is 0 Å². The lowest BCUT2D eigenvalue weighted by Gasteiger charge is -2.32. The number of nitrogens with one attached hydrogen (secondary N) is 2. The van der Waals surface area contributed by atoms with Crippen LogP contribution in [0.1, 0.15) is 47.3 Å². The van der Waals surface area contributed by atoms with Crippen molar-refractivity contribution in [2.24, 2.45) is 5.92 Å². The van der Waals surface area contributed by atoms with Gasteiger partial charge in [-0.05, 0) is 61.7 Å². The maximum atomic E-state index is 13.0. The highest BCUT2D eigenvalue weighted by molar-refractivity contribution is 6.04. The lowest BCUT2D eigenvalue weighted by atomic mass is 9.96. The van der Waals surface area contributed by atoms with Crippen LogP contribution in [0.15, 0.2) is 84.9 Å². The molecule has 1 fully saturated rings. The molecule has 2 amide bonds. The van der Waals surface area contributed by atoms with Crippen molar-refractivity contribution in [2.75, 3.05) is 18.4 Å². The summed E-state index contributed by atoms with van der Waals surface area (Å²) >= 11 is 0. The number of anilines is 1. The Morgan fingerprint density at radius 3 is 2.45 bits per heavy atom. The Bertz CT molecular complexity index is 1070. The smallest absolute Gasteiger partial charge is 0.255 e. The zero-order valence-electron chi connectivity index (χ0n) is 19.0. The highest BCUT2D eigenvalue weighted by atomic mass is 16.2. The summed E-state index contributed by atoms with van der Waals surface area (Å²) in [6.07, 6.45) is 1.94. The summed E-state index contributed by atoms with van der Waals surface area (Å²) in [6, 6.07) is 27.1. The van der Waals surface area contributed by atoms with Gasteiger partial charge in [-0.15, -0.1) is 0 Å². The van der Waals surface area contributed by atoms with Crippen LogP contribution in [-0.4, -0.2) is 29.8 Å². The van der Waals surface area contributed by atoms with Gasteiger partial charge in [0.05, 0.1) is 12.0 Å². The van der Waals surface area contributed by atoms with E-state index in [1.54, 1.807) is 12.1 Å². The van der Waals surface area contributed by atoms with E-state index in [0.29, 0.717) is 11.3 Å². The number of carbonyl (C=O) groups excluding carboxylic acids is 2. The summed E-state index contributed by atoms with van der Waals surface area (Å²) in [7, 11) is 0. The van der Waals surface area contributed by atoms with Crippen molar-refractivity contribution in [2.45, 2.75) is 32.4 Å². The van der Waals surface area contributed by atoms with Gasteiger partial charge in [-0.25, -0.2) is 0 Å². The number of hydrogen-bond donors (Lipinski definition) is 2. The molecule has 3 aromatic rings. The first-order chi connectivity index (χ1) is 16.1. The molecule has 33 heavy (non-hydrogen) atoms. The number of carbonyl (C=O) groups is 2. The van der Waals surface area contributed by atoms with E-state index in [-0.39, 0.29) is 23.8 Å². The molecule has 4 rings (SSSR count). The Labute approximate surface area is 195 Å². The first-order valence-electron chi connectivity index (χ1n) is 11.6. The molecule has 170 valence electrons. The van der Waals surface area contributed by atoms with Gasteiger partial charge in [0.1, 0.15) is 0 Å². The lowest BCUT2D eigenvalue weighted by molar-refractivity contribution is -0.127. The Hall–Kier alpha value is -3.44. The number of piperidine rings is 1. The van der Waals surface area contributed by atoms with Crippen molar-refractivity contribution in [3.8, 4) is 0 Å². The fourth-order valence-electron chi connectivity index (χ4n) is 4.35. The standard InChI is InChI=1S/C28H31N3O2/c1-21(24-14-8-16-26(18-24)30-27(32)23-12-6-3-7-13-23)29-28(33)25-15-9-17-31(20-25)19-22-10-4-2-5-11-22/h2-8,10-14,16,18,21,25H,9,15,17,19-20H2,1H3,(H,29,33)(H,30,32). The second kappa shape index (κ2) is 10.9. The topological polar surface area (TPSA) is 61.4 Å². The van der Waals surface area contributed by atoms with Gasteiger partial charge in [0.15, 0.2) is 0 Å². The molecule has 1 saturated heterocycles. The van der Waals surface area contributed by atoms with Crippen LogP contribution >= 0.6 is 0 Å². The van der Waals surface area contributed by atoms with Crippen molar-refractivity contribution < 1.29 is 9.59 Å². The van der Waals surface area contributed by atoms with E-state index in [2.05, 4.69) is 39.8 Å². The van der Waals surface area contributed by atoms with Crippen LogP contribution < -0.4 is 10.6 Å². The van der Waals surface area contributed by atoms with Crippen molar-refractivity contribution >= 4 is 17.5 Å². The number of hydrogen-bond acceptors (Lipinski definition) is 3. The maximum absolute atomic E-state index is 13.0. The second-order valence-corrected chi connectivity index (χ2v) is 8.74. The Morgan fingerprint density at radius 2 is 1.70 bits per heavy atom. The van der Waals surface area contributed by atoms with Crippen LogP contribution in [0, 0.1) is 5.92 Å². The molecular weight excluding hydrogens is 410 g/mol. The van der Waals surface area contributed by atoms with Gasteiger partial charge in [0.2, 0.25) is 5.91 Å². The Balaban J connectivity index is 1.33. The normalized spacial score (nSPS) is 17.2. The van der Waals surface area contributed by atoms with E-state index in [4.69, 9.17) is 0 Å². The minimum atomic E-state index is -0.148. The molecule has 3 aromatic carbocycles. The highest BCUT2D eigenvalue weighted by Gasteiger charge is 2.26. The Kier molecular flexibility index (Phi) is 7.53. The monoisotopic (exact) mass is 441 g/mol. The van der Waals surface area contributed by atoms with Crippen LogP contribution in [0.3, 0.4) is 0 Å². The fraction of sp³-hybridized carbons (Fsp3) is 0.286. The quantitative estimate of drug-likeness (QED) is 0.541. The number of nitrogens with zero attached hydrogens (tertiary/aromatic N) is 1. The molecule has 0 aliphatic carbocycles. The Morgan fingerprint density at radius 1 is 0.970 bits per heavy atom. The van der Waals surface area contributed by atoms with Gasteiger partial charge in [0, 0.05) is 24.3 Å². The molecule has 0 spiro atoms. The molecule has 2 N–H and O–H groups in total. The molecular formula is C28H31N3O2. The van der Waals surface area contributed by atoms with Crippen LogP contribution in [0.2, 0.25) is 0 Å². The molecule has 5 heteroatoms. The number of rotatable bonds is 7. The zero-order chi connectivity index (χ0) is 23.0. The summed E-state index contributed by atoms with van der Waals surface area (Å²) in [6.45, 7) is 4.67. The van der Waals surface area contributed by atoms with Gasteiger partial charge >= 0.3 is 0 Å². The molecule has 0 saturated carbocycles. The highest BCUT2D eigenvalue weighted by Crippen LogP contribution is 2.22. The van der Waals surface area contributed by atoms with E-state index >= 15 is 0 Å². The summed E-state index contributed by atoms with van der Waals surface area (Å²) in [5.41, 5.74) is 3.57. The predicted octanol–water partition coefficient (Wildman–Crippen LogP) is 5.03.